The van der Waals surface area contributed by atoms with E-state index in [0.29, 0.717) is 5.57 Å². The van der Waals surface area contributed by atoms with E-state index in [1.54, 1.807) is 13.0 Å². The summed E-state index contributed by atoms with van der Waals surface area (Å²) >= 11 is 0. The van der Waals surface area contributed by atoms with Crippen LogP contribution in [0.5, 0.6) is 0 Å². The molecular formula is C18H18O2. The number of benzene rings is 2. The van der Waals surface area contributed by atoms with Crippen molar-refractivity contribution >= 4 is 5.97 Å². The third kappa shape index (κ3) is 3.82. The van der Waals surface area contributed by atoms with Gasteiger partial charge in [-0.2, -0.15) is 0 Å². The number of carboxylic acid groups (broad SMARTS) is 1. The van der Waals surface area contributed by atoms with Crippen molar-refractivity contribution in [2.75, 3.05) is 0 Å². The van der Waals surface area contributed by atoms with Gasteiger partial charge in [0.25, 0.3) is 0 Å². The Morgan fingerprint density at radius 2 is 1.75 bits per heavy atom. The second-order valence-corrected chi connectivity index (χ2v) is 4.80. The average Bonchev–Trinajstić information content (AvgIpc) is 2.48. The highest BCUT2D eigenvalue weighted by molar-refractivity contribution is 5.85. The number of allylic oxidation sites excluding steroid dienone is 1. The van der Waals surface area contributed by atoms with Gasteiger partial charge < -0.3 is 5.11 Å². The van der Waals surface area contributed by atoms with Gasteiger partial charge in [0, 0.05) is 5.57 Å². The van der Waals surface area contributed by atoms with Gasteiger partial charge in [-0.3, -0.25) is 0 Å². The Balaban J connectivity index is 2.07. The zero-order valence-electron chi connectivity index (χ0n) is 11.5. The van der Waals surface area contributed by atoms with Crippen LogP contribution in [0.3, 0.4) is 0 Å². The smallest absolute Gasteiger partial charge is 0.330 e. The van der Waals surface area contributed by atoms with Crippen molar-refractivity contribution < 1.29 is 9.90 Å². The van der Waals surface area contributed by atoms with Gasteiger partial charge in [0.15, 0.2) is 0 Å². The van der Waals surface area contributed by atoms with Crippen molar-refractivity contribution in [2.24, 2.45) is 0 Å². The standard InChI is InChI=1S/C18H18O2/c1-14(18(19)20)7-5-8-15-9-6-12-17(13-15)16-10-3-2-4-11-16/h2-4,6-7,9-13H,5,8H2,1H3,(H,19,20)/b14-7+. The number of rotatable bonds is 5. The van der Waals surface area contributed by atoms with Crippen LogP contribution in [0.1, 0.15) is 18.9 Å². The minimum absolute atomic E-state index is 0.407. The third-order valence-corrected chi connectivity index (χ3v) is 3.25. The van der Waals surface area contributed by atoms with Gasteiger partial charge >= 0.3 is 5.97 Å². The molecule has 0 aliphatic rings. The molecule has 0 unspecified atom stereocenters. The van der Waals surface area contributed by atoms with Crippen molar-refractivity contribution in [1.29, 1.82) is 0 Å². The Kier molecular flexibility index (Phi) is 4.72. The van der Waals surface area contributed by atoms with Crippen molar-refractivity contribution in [1.82, 2.24) is 0 Å². The van der Waals surface area contributed by atoms with Gasteiger partial charge in [-0.25, -0.2) is 4.79 Å². The first-order chi connectivity index (χ1) is 9.66. The fourth-order valence-electron chi connectivity index (χ4n) is 2.08. The lowest BCUT2D eigenvalue weighted by atomic mass is 10.0. The van der Waals surface area contributed by atoms with Crippen LogP contribution in [-0.4, -0.2) is 11.1 Å². The first-order valence-corrected chi connectivity index (χ1v) is 6.71. The summed E-state index contributed by atoms with van der Waals surface area (Å²) in [5, 5.41) is 8.80. The molecular weight excluding hydrogens is 248 g/mol. The number of aliphatic carboxylic acids is 1. The monoisotopic (exact) mass is 266 g/mol. The third-order valence-electron chi connectivity index (χ3n) is 3.25. The van der Waals surface area contributed by atoms with Crippen LogP contribution in [0, 0.1) is 0 Å². The predicted molar refractivity (Wildman–Crippen MR) is 81.6 cm³/mol. The second-order valence-electron chi connectivity index (χ2n) is 4.80. The normalized spacial score (nSPS) is 11.3. The molecule has 2 nitrogen and oxygen atoms in total. The summed E-state index contributed by atoms with van der Waals surface area (Å²) < 4.78 is 0. The van der Waals surface area contributed by atoms with Gasteiger partial charge in [-0.05, 0) is 36.5 Å². The zero-order chi connectivity index (χ0) is 14.4. The van der Waals surface area contributed by atoms with Crippen LogP contribution >= 0.6 is 0 Å². The first kappa shape index (κ1) is 14.1. The lowest BCUT2D eigenvalue weighted by molar-refractivity contribution is -0.132. The molecule has 1 N–H and O–H groups in total. The minimum atomic E-state index is -0.844. The first-order valence-electron chi connectivity index (χ1n) is 6.71. The fraction of sp³-hybridized carbons (Fsp3) is 0.167. The van der Waals surface area contributed by atoms with E-state index in [-0.39, 0.29) is 0 Å². The molecule has 0 aliphatic heterocycles. The van der Waals surface area contributed by atoms with Gasteiger partial charge in [-0.1, -0.05) is 60.7 Å². The fourth-order valence-corrected chi connectivity index (χ4v) is 2.08. The van der Waals surface area contributed by atoms with Crippen LogP contribution in [0.2, 0.25) is 0 Å². The summed E-state index contributed by atoms with van der Waals surface area (Å²) in [6.07, 6.45) is 3.37. The molecule has 0 aliphatic carbocycles. The number of carboxylic acids is 1. The highest BCUT2D eigenvalue weighted by atomic mass is 16.4. The van der Waals surface area contributed by atoms with Gasteiger partial charge in [0.2, 0.25) is 0 Å². The molecule has 0 heterocycles. The van der Waals surface area contributed by atoms with E-state index >= 15 is 0 Å². The molecule has 2 heteroatoms. The van der Waals surface area contributed by atoms with E-state index in [0.717, 1.165) is 12.8 Å². The van der Waals surface area contributed by atoms with E-state index < -0.39 is 5.97 Å². The Labute approximate surface area is 119 Å². The minimum Gasteiger partial charge on any atom is -0.478 e. The van der Waals surface area contributed by atoms with Crippen molar-refractivity contribution in [3.63, 3.8) is 0 Å². The topological polar surface area (TPSA) is 37.3 Å². The molecule has 2 rings (SSSR count). The van der Waals surface area contributed by atoms with Crippen molar-refractivity contribution in [2.45, 2.75) is 19.8 Å². The second kappa shape index (κ2) is 6.71. The number of hydrogen-bond donors (Lipinski definition) is 1. The summed E-state index contributed by atoms with van der Waals surface area (Å²) in [5.74, 6) is -0.844. The van der Waals surface area contributed by atoms with E-state index in [4.69, 9.17) is 5.11 Å². The van der Waals surface area contributed by atoms with Crippen LogP contribution < -0.4 is 0 Å². The summed E-state index contributed by atoms with van der Waals surface area (Å²) in [5.41, 5.74) is 4.03. The van der Waals surface area contributed by atoms with Crippen LogP contribution in [0.4, 0.5) is 0 Å². The average molecular weight is 266 g/mol. The molecule has 0 spiro atoms. The number of carbonyl (C=O) groups is 1. The van der Waals surface area contributed by atoms with E-state index in [2.05, 4.69) is 30.3 Å². The molecule has 0 radical (unpaired) electrons. The van der Waals surface area contributed by atoms with Gasteiger partial charge in [-0.15, -0.1) is 0 Å². The molecule has 0 fully saturated rings. The maximum absolute atomic E-state index is 10.7. The highest BCUT2D eigenvalue weighted by Gasteiger charge is 2.00. The van der Waals surface area contributed by atoms with Crippen LogP contribution in [-0.2, 0) is 11.2 Å². The quantitative estimate of drug-likeness (QED) is 0.818. The maximum atomic E-state index is 10.7. The number of aryl methyl sites for hydroxylation is 1. The van der Waals surface area contributed by atoms with Crippen molar-refractivity contribution in [3.05, 3.63) is 71.8 Å². The lowest BCUT2D eigenvalue weighted by Gasteiger charge is -2.05. The van der Waals surface area contributed by atoms with E-state index in [1.807, 2.05) is 24.3 Å². The predicted octanol–water partition coefficient (Wildman–Crippen LogP) is 4.32. The highest BCUT2D eigenvalue weighted by Crippen LogP contribution is 2.20. The molecule has 0 aromatic heterocycles. The molecule has 2 aromatic carbocycles. The van der Waals surface area contributed by atoms with E-state index in [9.17, 15) is 4.79 Å². The van der Waals surface area contributed by atoms with Crippen LogP contribution in [0.25, 0.3) is 11.1 Å². The molecule has 0 atom stereocenters. The van der Waals surface area contributed by atoms with Gasteiger partial charge in [0.1, 0.15) is 0 Å². The Morgan fingerprint density at radius 1 is 1.05 bits per heavy atom. The van der Waals surface area contributed by atoms with E-state index in [1.165, 1.54) is 16.7 Å². The molecule has 0 bridgehead atoms. The SMILES string of the molecule is C/C(=C\CCc1cccc(-c2ccccc2)c1)C(=O)O. The molecule has 20 heavy (non-hydrogen) atoms. The summed E-state index contributed by atoms with van der Waals surface area (Å²) in [7, 11) is 0. The summed E-state index contributed by atoms with van der Waals surface area (Å²) in [4.78, 5) is 10.7. The van der Waals surface area contributed by atoms with Crippen molar-refractivity contribution in [3.8, 4) is 11.1 Å². The summed E-state index contributed by atoms with van der Waals surface area (Å²) in [6, 6.07) is 18.6. The zero-order valence-corrected chi connectivity index (χ0v) is 11.5. The maximum Gasteiger partial charge on any atom is 0.330 e. The largest absolute Gasteiger partial charge is 0.478 e. The Hall–Kier alpha value is -2.35. The summed E-state index contributed by atoms with van der Waals surface area (Å²) in [6.45, 7) is 1.63. The molecule has 0 saturated heterocycles. The van der Waals surface area contributed by atoms with Crippen LogP contribution in [0.15, 0.2) is 66.2 Å². The molecule has 0 amide bonds. The molecule has 2 aromatic rings. The number of hydrogen-bond acceptors (Lipinski definition) is 1. The lowest BCUT2D eigenvalue weighted by Crippen LogP contribution is -1.96. The van der Waals surface area contributed by atoms with Gasteiger partial charge in [0.05, 0.1) is 0 Å². The Morgan fingerprint density at radius 3 is 2.45 bits per heavy atom. The Bertz CT molecular complexity index is 612. The molecule has 102 valence electrons. The molecule has 0 saturated carbocycles.